The average Bonchev–Trinajstić information content (AvgIpc) is 2.84. The largest absolute Gasteiger partial charge is 0.372 e. The molecule has 0 spiro atoms. The standard InChI is InChI=1S/C16H18N4O/c1-10-7-20(8-11(2)21-10)16-15-14(17-9-18-16)12-5-3-4-6-13(12)19-15/h3-6,9-11,19H,7-8H2,1-2H3/t10-,11+. The van der Waals surface area contributed by atoms with Gasteiger partial charge in [0.05, 0.1) is 12.2 Å². The van der Waals surface area contributed by atoms with Crippen molar-refractivity contribution >= 4 is 27.8 Å². The van der Waals surface area contributed by atoms with Gasteiger partial charge < -0.3 is 14.6 Å². The molecule has 2 aromatic heterocycles. The van der Waals surface area contributed by atoms with Gasteiger partial charge in [-0.15, -0.1) is 0 Å². The molecular formula is C16H18N4O. The number of nitrogens with one attached hydrogen (secondary N) is 1. The lowest BCUT2D eigenvalue weighted by Gasteiger charge is -2.36. The van der Waals surface area contributed by atoms with Crippen LogP contribution in [0.5, 0.6) is 0 Å². The molecule has 0 radical (unpaired) electrons. The fraction of sp³-hybridized carbons (Fsp3) is 0.375. The molecule has 1 aromatic carbocycles. The van der Waals surface area contributed by atoms with Crippen molar-refractivity contribution in [1.82, 2.24) is 15.0 Å². The highest BCUT2D eigenvalue weighted by Crippen LogP contribution is 2.30. The third kappa shape index (κ3) is 2.05. The predicted molar refractivity (Wildman–Crippen MR) is 83.6 cm³/mol. The molecule has 2 atom stereocenters. The van der Waals surface area contributed by atoms with Crippen molar-refractivity contribution in [1.29, 1.82) is 0 Å². The Morgan fingerprint density at radius 1 is 1.14 bits per heavy atom. The highest BCUT2D eigenvalue weighted by atomic mass is 16.5. The van der Waals surface area contributed by atoms with E-state index in [1.54, 1.807) is 6.33 Å². The van der Waals surface area contributed by atoms with Crippen LogP contribution < -0.4 is 4.90 Å². The minimum Gasteiger partial charge on any atom is -0.372 e. The molecule has 1 N–H and O–H groups in total. The van der Waals surface area contributed by atoms with Gasteiger partial charge in [0.2, 0.25) is 0 Å². The molecule has 3 aromatic rings. The Kier molecular flexibility index (Phi) is 2.82. The zero-order valence-corrected chi connectivity index (χ0v) is 12.2. The summed E-state index contributed by atoms with van der Waals surface area (Å²) in [7, 11) is 0. The molecule has 5 heteroatoms. The number of anilines is 1. The Hall–Kier alpha value is -2.14. The van der Waals surface area contributed by atoms with Crippen molar-refractivity contribution in [3.63, 3.8) is 0 Å². The summed E-state index contributed by atoms with van der Waals surface area (Å²) in [6, 6.07) is 8.24. The van der Waals surface area contributed by atoms with Gasteiger partial charge in [0.25, 0.3) is 0 Å². The van der Waals surface area contributed by atoms with Crippen LogP contribution in [0.1, 0.15) is 13.8 Å². The van der Waals surface area contributed by atoms with Crippen LogP contribution in [0.2, 0.25) is 0 Å². The van der Waals surface area contributed by atoms with Gasteiger partial charge in [-0.05, 0) is 19.9 Å². The Bertz CT molecular complexity index is 787. The number of nitrogens with zero attached hydrogens (tertiary/aromatic N) is 3. The molecule has 21 heavy (non-hydrogen) atoms. The molecule has 1 aliphatic heterocycles. The summed E-state index contributed by atoms with van der Waals surface area (Å²) in [6.07, 6.45) is 2.08. The van der Waals surface area contributed by atoms with E-state index in [-0.39, 0.29) is 12.2 Å². The lowest BCUT2D eigenvalue weighted by Crippen LogP contribution is -2.46. The molecule has 0 saturated carbocycles. The second-order valence-electron chi connectivity index (χ2n) is 5.75. The maximum absolute atomic E-state index is 5.81. The van der Waals surface area contributed by atoms with Crippen molar-refractivity contribution in [2.75, 3.05) is 18.0 Å². The van der Waals surface area contributed by atoms with Crippen LogP contribution in [0.3, 0.4) is 0 Å². The minimum absolute atomic E-state index is 0.211. The molecular weight excluding hydrogens is 264 g/mol. The average molecular weight is 282 g/mol. The first-order valence-corrected chi connectivity index (χ1v) is 7.34. The topological polar surface area (TPSA) is 54.0 Å². The summed E-state index contributed by atoms with van der Waals surface area (Å²) in [4.78, 5) is 14.7. The number of morpholine rings is 1. The molecule has 108 valence electrons. The number of benzene rings is 1. The fourth-order valence-electron chi connectivity index (χ4n) is 3.22. The molecule has 3 heterocycles. The van der Waals surface area contributed by atoms with Gasteiger partial charge in [-0.25, -0.2) is 9.97 Å². The second kappa shape index (κ2) is 4.70. The maximum Gasteiger partial charge on any atom is 0.156 e. The Morgan fingerprint density at radius 3 is 2.71 bits per heavy atom. The van der Waals surface area contributed by atoms with Crippen molar-refractivity contribution in [3.8, 4) is 0 Å². The Balaban J connectivity index is 1.88. The summed E-state index contributed by atoms with van der Waals surface area (Å²) in [6.45, 7) is 5.91. The van der Waals surface area contributed by atoms with E-state index in [1.807, 2.05) is 12.1 Å². The van der Waals surface area contributed by atoms with Gasteiger partial charge >= 0.3 is 0 Å². The number of hydrogen-bond donors (Lipinski definition) is 1. The second-order valence-corrected chi connectivity index (χ2v) is 5.75. The number of H-pyrrole nitrogens is 1. The first kappa shape index (κ1) is 12.6. The van der Waals surface area contributed by atoms with E-state index < -0.39 is 0 Å². The monoisotopic (exact) mass is 282 g/mol. The lowest BCUT2D eigenvalue weighted by atomic mass is 10.2. The zero-order valence-electron chi connectivity index (χ0n) is 12.2. The number of para-hydroxylation sites is 1. The quantitative estimate of drug-likeness (QED) is 0.745. The zero-order chi connectivity index (χ0) is 14.4. The molecule has 1 aliphatic rings. The fourth-order valence-corrected chi connectivity index (χ4v) is 3.22. The number of rotatable bonds is 1. The van der Waals surface area contributed by atoms with E-state index in [1.165, 1.54) is 0 Å². The number of fused-ring (bicyclic) bond motifs is 3. The molecule has 0 bridgehead atoms. The van der Waals surface area contributed by atoms with Crippen molar-refractivity contribution in [2.24, 2.45) is 0 Å². The van der Waals surface area contributed by atoms with Crippen LogP contribution in [0.15, 0.2) is 30.6 Å². The number of hydrogen-bond acceptors (Lipinski definition) is 4. The highest BCUT2D eigenvalue weighted by molar-refractivity contribution is 6.08. The molecule has 0 aliphatic carbocycles. The summed E-state index contributed by atoms with van der Waals surface area (Å²) in [5, 5.41) is 1.14. The molecule has 1 fully saturated rings. The van der Waals surface area contributed by atoms with Crippen LogP contribution in [0, 0.1) is 0 Å². The van der Waals surface area contributed by atoms with Gasteiger partial charge in [-0.3, -0.25) is 0 Å². The molecule has 4 rings (SSSR count). The van der Waals surface area contributed by atoms with Gasteiger partial charge in [0.1, 0.15) is 17.4 Å². The number of ether oxygens (including phenoxy) is 1. The SMILES string of the molecule is C[C@@H]1CN(c2ncnc3c2[nH]c2ccccc23)C[C@H](C)O1. The first-order valence-electron chi connectivity index (χ1n) is 7.34. The molecule has 0 unspecified atom stereocenters. The Labute approximate surface area is 123 Å². The van der Waals surface area contributed by atoms with E-state index in [4.69, 9.17) is 4.74 Å². The van der Waals surface area contributed by atoms with Crippen LogP contribution in [0.25, 0.3) is 21.9 Å². The van der Waals surface area contributed by atoms with Crippen LogP contribution in [-0.2, 0) is 4.74 Å². The smallest absolute Gasteiger partial charge is 0.156 e. The highest BCUT2D eigenvalue weighted by Gasteiger charge is 2.25. The van der Waals surface area contributed by atoms with E-state index in [2.05, 4.69) is 45.8 Å². The first-order chi connectivity index (χ1) is 10.2. The third-order valence-corrected chi connectivity index (χ3v) is 3.99. The lowest BCUT2D eigenvalue weighted by molar-refractivity contribution is -0.00537. The number of aromatic amines is 1. The molecule has 0 amide bonds. The molecule has 5 nitrogen and oxygen atoms in total. The van der Waals surface area contributed by atoms with E-state index in [0.29, 0.717) is 0 Å². The van der Waals surface area contributed by atoms with Crippen LogP contribution >= 0.6 is 0 Å². The molecule has 1 saturated heterocycles. The summed E-state index contributed by atoms with van der Waals surface area (Å²) < 4.78 is 5.81. The Morgan fingerprint density at radius 2 is 1.90 bits per heavy atom. The minimum atomic E-state index is 0.211. The van der Waals surface area contributed by atoms with E-state index in [0.717, 1.165) is 40.8 Å². The van der Waals surface area contributed by atoms with Crippen LogP contribution in [-0.4, -0.2) is 40.2 Å². The predicted octanol–water partition coefficient (Wildman–Crippen LogP) is 2.72. The van der Waals surface area contributed by atoms with Crippen LogP contribution in [0.4, 0.5) is 5.82 Å². The van der Waals surface area contributed by atoms with Crippen molar-refractivity contribution in [3.05, 3.63) is 30.6 Å². The van der Waals surface area contributed by atoms with Gasteiger partial charge in [0, 0.05) is 24.0 Å². The van der Waals surface area contributed by atoms with Gasteiger partial charge in [-0.1, -0.05) is 18.2 Å². The normalized spacial score (nSPS) is 23.0. The van der Waals surface area contributed by atoms with Gasteiger partial charge in [-0.2, -0.15) is 0 Å². The van der Waals surface area contributed by atoms with Crippen molar-refractivity contribution < 1.29 is 4.74 Å². The van der Waals surface area contributed by atoms with Gasteiger partial charge in [0.15, 0.2) is 5.82 Å². The maximum atomic E-state index is 5.81. The summed E-state index contributed by atoms with van der Waals surface area (Å²) in [5.41, 5.74) is 3.10. The number of aromatic nitrogens is 3. The third-order valence-electron chi connectivity index (χ3n) is 3.99. The van der Waals surface area contributed by atoms with Crippen molar-refractivity contribution in [2.45, 2.75) is 26.1 Å². The summed E-state index contributed by atoms with van der Waals surface area (Å²) >= 11 is 0. The van der Waals surface area contributed by atoms with E-state index in [9.17, 15) is 0 Å². The van der Waals surface area contributed by atoms with E-state index >= 15 is 0 Å². The summed E-state index contributed by atoms with van der Waals surface area (Å²) in [5.74, 6) is 0.971.